The predicted octanol–water partition coefficient (Wildman–Crippen LogP) is 1.16. The van der Waals surface area contributed by atoms with E-state index < -0.39 is 0 Å². The van der Waals surface area contributed by atoms with Crippen LogP contribution in [0.2, 0.25) is 0 Å². The van der Waals surface area contributed by atoms with E-state index in [9.17, 15) is 4.79 Å². The molecule has 1 saturated heterocycles. The summed E-state index contributed by atoms with van der Waals surface area (Å²) in [7, 11) is 1.71. The summed E-state index contributed by atoms with van der Waals surface area (Å²) in [5.41, 5.74) is 0. The van der Waals surface area contributed by atoms with E-state index in [1.54, 1.807) is 14.0 Å². The third kappa shape index (κ3) is 2.91. The van der Waals surface area contributed by atoms with E-state index in [-0.39, 0.29) is 18.0 Å². The molecule has 0 aromatic rings. The predicted molar refractivity (Wildman–Crippen MR) is 45.1 cm³/mol. The smallest absolute Gasteiger partial charge is 0.132 e. The van der Waals surface area contributed by atoms with Gasteiger partial charge in [0.2, 0.25) is 0 Å². The van der Waals surface area contributed by atoms with E-state index in [4.69, 9.17) is 9.47 Å². The van der Waals surface area contributed by atoms with Crippen molar-refractivity contribution in [3.8, 4) is 0 Å². The van der Waals surface area contributed by atoms with Crippen LogP contribution in [0.3, 0.4) is 0 Å². The summed E-state index contributed by atoms with van der Waals surface area (Å²) in [4.78, 5) is 10.8. The minimum absolute atomic E-state index is 0.0844. The van der Waals surface area contributed by atoms with Gasteiger partial charge in [0.25, 0.3) is 0 Å². The molecular formula is C9H16O3. The topological polar surface area (TPSA) is 35.5 Å². The first-order chi connectivity index (χ1) is 5.72. The van der Waals surface area contributed by atoms with Crippen molar-refractivity contribution in [3.05, 3.63) is 0 Å². The van der Waals surface area contributed by atoms with Crippen molar-refractivity contribution in [1.82, 2.24) is 0 Å². The van der Waals surface area contributed by atoms with Crippen LogP contribution in [0.25, 0.3) is 0 Å². The van der Waals surface area contributed by atoms with E-state index >= 15 is 0 Å². The molecular weight excluding hydrogens is 156 g/mol. The fourth-order valence-electron chi connectivity index (χ4n) is 1.52. The largest absolute Gasteiger partial charge is 0.381 e. The van der Waals surface area contributed by atoms with Crippen LogP contribution in [0.15, 0.2) is 0 Å². The highest BCUT2D eigenvalue weighted by atomic mass is 16.5. The van der Waals surface area contributed by atoms with E-state index in [1.807, 2.05) is 0 Å². The average Bonchev–Trinajstić information content (AvgIpc) is 2.03. The number of hydrogen-bond acceptors (Lipinski definition) is 3. The molecule has 3 nitrogen and oxygen atoms in total. The zero-order chi connectivity index (χ0) is 8.97. The molecule has 0 bridgehead atoms. The molecule has 2 unspecified atom stereocenters. The standard InChI is InChI=1S/C9H16O3/c1-7(10)5-9-6-8(11-2)3-4-12-9/h8-9H,3-6H2,1-2H3. The summed E-state index contributed by atoms with van der Waals surface area (Å²) in [5, 5.41) is 0. The Morgan fingerprint density at radius 3 is 3.00 bits per heavy atom. The zero-order valence-corrected chi connectivity index (χ0v) is 7.71. The normalized spacial score (nSPS) is 30.2. The lowest BCUT2D eigenvalue weighted by molar-refractivity contribution is -0.123. The molecule has 1 fully saturated rings. The lowest BCUT2D eigenvalue weighted by Crippen LogP contribution is -2.31. The number of ether oxygens (including phenoxy) is 2. The van der Waals surface area contributed by atoms with Crippen LogP contribution in [0.1, 0.15) is 26.2 Å². The number of rotatable bonds is 3. The SMILES string of the molecule is COC1CCOC(CC(C)=O)C1. The third-order valence-corrected chi connectivity index (χ3v) is 2.17. The first-order valence-electron chi connectivity index (χ1n) is 4.36. The molecule has 0 spiro atoms. The molecule has 0 radical (unpaired) electrons. The van der Waals surface area contributed by atoms with Crippen LogP contribution in [-0.2, 0) is 14.3 Å². The van der Waals surface area contributed by atoms with Gasteiger partial charge in [-0.05, 0) is 13.3 Å². The lowest BCUT2D eigenvalue weighted by atomic mass is 10.0. The van der Waals surface area contributed by atoms with Gasteiger partial charge < -0.3 is 9.47 Å². The highest BCUT2D eigenvalue weighted by Gasteiger charge is 2.22. The quantitative estimate of drug-likeness (QED) is 0.640. The Labute approximate surface area is 73.0 Å². The third-order valence-electron chi connectivity index (χ3n) is 2.17. The Balaban J connectivity index is 2.30. The second-order valence-electron chi connectivity index (χ2n) is 3.28. The number of carbonyl (C=O) groups excluding carboxylic acids is 1. The van der Waals surface area contributed by atoms with E-state index in [0.717, 1.165) is 19.4 Å². The molecule has 1 rings (SSSR count). The van der Waals surface area contributed by atoms with Crippen molar-refractivity contribution >= 4 is 5.78 Å². The fourth-order valence-corrected chi connectivity index (χ4v) is 1.52. The van der Waals surface area contributed by atoms with Gasteiger partial charge in [-0.15, -0.1) is 0 Å². The van der Waals surface area contributed by atoms with Gasteiger partial charge in [-0.1, -0.05) is 0 Å². The van der Waals surface area contributed by atoms with Gasteiger partial charge in [0, 0.05) is 26.6 Å². The molecule has 1 heterocycles. The van der Waals surface area contributed by atoms with Crippen molar-refractivity contribution in [2.75, 3.05) is 13.7 Å². The molecule has 0 amide bonds. The van der Waals surface area contributed by atoms with Crippen molar-refractivity contribution < 1.29 is 14.3 Å². The van der Waals surface area contributed by atoms with E-state index in [0.29, 0.717) is 6.42 Å². The zero-order valence-electron chi connectivity index (χ0n) is 7.71. The van der Waals surface area contributed by atoms with Crippen molar-refractivity contribution in [3.63, 3.8) is 0 Å². The Hall–Kier alpha value is -0.410. The van der Waals surface area contributed by atoms with E-state index in [2.05, 4.69) is 0 Å². The molecule has 1 aliphatic heterocycles. The van der Waals surface area contributed by atoms with Crippen molar-refractivity contribution in [2.45, 2.75) is 38.4 Å². The average molecular weight is 172 g/mol. The second-order valence-corrected chi connectivity index (χ2v) is 3.28. The van der Waals surface area contributed by atoms with Crippen LogP contribution < -0.4 is 0 Å². The first kappa shape index (κ1) is 9.68. The summed E-state index contributed by atoms with van der Waals surface area (Å²) in [5.74, 6) is 0.191. The maximum Gasteiger partial charge on any atom is 0.132 e. The summed E-state index contributed by atoms with van der Waals surface area (Å²) < 4.78 is 10.6. The van der Waals surface area contributed by atoms with Crippen LogP contribution in [0.5, 0.6) is 0 Å². The van der Waals surface area contributed by atoms with Crippen LogP contribution in [-0.4, -0.2) is 31.7 Å². The van der Waals surface area contributed by atoms with Gasteiger partial charge in [0.1, 0.15) is 5.78 Å². The molecule has 1 aliphatic rings. The summed E-state index contributed by atoms with van der Waals surface area (Å²) in [6.07, 6.45) is 2.70. The monoisotopic (exact) mass is 172 g/mol. The molecule has 0 saturated carbocycles. The van der Waals surface area contributed by atoms with E-state index in [1.165, 1.54) is 0 Å². The second kappa shape index (κ2) is 4.58. The molecule has 0 N–H and O–H groups in total. The summed E-state index contributed by atoms with van der Waals surface area (Å²) in [6.45, 7) is 2.32. The molecule has 0 aromatic carbocycles. The minimum Gasteiger partial charge on any atom is -0.381 e. The number of methoxy groups -OCH3 is 1. The van der Waals surface area contributed by atoms with Gasteiger partial charge in [-0.2, -0.15) is 0 Å². The fraction of sp³-hybridized carbons (Fsp3) is 0.889. The van der Waals surface area contributed by atoms with Crippen LogP contribution in [0.4, 0.5) is 0 Å². The molecule has 12 heavy (non-hydrogen) atoms. The summed E-state index contributed by atoms with van der Waals surface area (Å²) >= 11 is 0. The number of ketones is 1. The molecule has 3 heteroatoms. The number of carbonyl (C=O) groups is 1. The van der Waals surface area contributed by atoms with Gasteiger partial charge >= 0.3 is 0 Å². The van der Waals surface area contributed by atoms with Gasteiger partial charge in [-0.25, -0.2) is 0 Å². The van der Waals surface area contributed by atoms with Crippen LogP contribution in [0, 0.1) is 0 Å². The van der Waals surface area contributed by atoms with Gasteiger partial charge in [0.15, 0.2) is 0 Å². The Kier molecular flexibility index (Phi) is 3.69. The highest BCUT2D eigenvalue weighted by Crippen LogP contribution is 2.18. The van der Waals surface area contributed by atoms with Gasteiger partial charge in [0.05, 0.1) is 12.2 Å². The van der Waals surface area contributed by atoms with Crippen LogP contribution >= 0.6 is 0 Å². The van der Waals surface area contributed by atoms with Crippen molar-refractivity contribution in [2.24, 2.45) is 0 Å². The number of Topliss-reactive ketones (excluding diaryl/α,β-unsaturated/α-hetero) is 1. The van der Waals surface area contributed by atoms with Crippen molar-refractivity contribution in [1.29, 1.82) is 0 Å². The summed E-state index contributed by atoms with van der Waals surface area (Å²) in [6, 6.07) is 0. The maximum absolute atomic E-state index is 10.8. The maximum atomic E-state index is 10.8. The Bertz CT molecular complexity index is 156. The Morgan fingerprint density at radius 2 is 2.42 bits per heavy atom. The highest BCUT2D eigenvalue weighted by molar-refractivity contribution is 5.75. The molecule has 70 valence electrons. The minimum atomic E-state index is 0.0844. The molecule has 0 aromatic heterocycles. The molecule has 2 atom stereocenters. The number of hydrogen-bond donors (Lipinski definition) is 0. The molecule has 0 aliphatic carbocycles. The Morgan fingerprint density at radius 1 is 1.67 bits per heavy atom. The first-order valence-corrected chi connectivity index (χ1v) is 4.36. The van der Waals surface area contributed by atoms with Gasteiger partial charge in [-0.3, -0.25) is 4.79 Å². The lowest BCUT2D eigenvalue weighted by Gasteiger charge is -2.27.